The van der Waals surface area contributed by atoms with E-state index in [2.05, 4.69) is 44.2 Å². The van der Waals surface area contributed by atoms with Crippen molar-refractivity contribution in [2.45, 2.75) is 26.7 Å². The van der Waals surface area contributed by atoms with Crippen LogP contribution >= 0.6 is 0 Å². The van der Waals surface area contributed by atoms with Crippen molar-refractivity contribution in [1.29, 1.82) is 0 Å². The molecule has 14 heteroatoms. The first-order valence-corrected chi connectivity index (χ1v) is 23.4. The van der Waals surface area contributed by atoms with Crippen molar-refractivity contribution < 1.29 is 104 Å². The number of imide groups is 4. The maximum Gasteiger partial charge on any atom is 0.264 e. The topological polar surface area (TPSA) is 150 Å². The van der Waals surface area contributed by atoms with Crippen molar-refractivity contribution in [3.8, 4) is 0 Å². The Balaban J connectivity index is 0.000000172. The molecule has 4 heterocycles. The fourth-order valence-corrected chi connectivity index (χ4v) is 8.78. The standard InChI is InChI=1S/2C24H15N2O4.2C7H7.2Y/c2*1-25-21(27)17-9-7-14(12-19(17)22(25)28)11-15-8-10-18-20(13-15)24(30)26(23(18)29)16-5-3-2-4-6-16;2*1-7-5-3-2-4-6-7;;/h2*3-10,12-13H,11H2,1H3;3-6H,1H3;2-3,5-6H,1H3;;/q4*-1;;. The van der Waals surface area contributed by atoms with Crippen LogP contribution in [0.5, 0.6) is 0 Å². The molecule has 8 aromatic carbocycles. The Morgan fingerprint density at radius 1 is 0.329 bits per heavy atom. The molecule has 8 aromatic rings. The molecule has 0 fully saturated rings. The Labute approximate surface area is 490 Å². The molecule has 0 unspecified atom stereocenters. The number of benzene rings is 8. The molecule has 76 heavy (non-hydrogen) atoms. The Morgan fingerprint density at radius 3 is 0.921 bits per heavy atom. The van der Waals surface area contributed by atoms with Crippen LogP contribution in [0.25, 0.3) is 0 Å². The van der Waals surface area contributed by atoms with E-state index in [0.29, 0.717) is 68.7 Å². The molecule has 0 bridgehead atoms. The Kier molecular flexibility index (Phi) is 18.1. The number of hydrogen-bond acceptors (Lipinski definition) is 8. The van der Waals surface area contributed by atoms with Gasteiger partial charge in [-0.1, -0.05) is 49.5 Å². The summed E-state index contributed by atoms with van der Waals surface area (Å²) in [4.78, 5) is 104. The first-order chi connectivity index (χ1) is 35.7. The predicted molar refractivity (Wildman–Crippen MR) is 277 cm³/mol. The van der Waals surface area contributed by atoms with E-state index in [4.69, 9.17) is 0 Å². The molecular weight excluding hydrogens is 1110 g/mol. The molecular formula is C62H44N4O8Y2-4. The maximum atomic E-state index is 12.9. The smallest absolute Gasteiger partial charge is 0.264 e. The van der Waals surface area contributed by atoms with Gasteiger partial charge in [0.2, 0.25) is 0 Å². The van der Waals surface area contributed by atoms with Gasteiger partial charge in [0, 0.05) is 79.5 Å². The SMILES string of the molecule is CN1C(=O)c2ccc(Cc3ccc4c(c3)C(=O)N(c3cc[c-]cc3)C4=O)cc2C1=O.CN1C(=O)c2ccc(Cc3ccc4c(c3)C(=O)N(c3cc[c-]cc3)C4=O)cc2C1=O.Cc1c[c-]ccc1.Cc1cc[c-]cc1.[Y].[Y]. The van der Waals surface area contributed by atoms with Crippen LogP contribution in [0, 0.1) is 38.1 Å². The van der Waals surface area contributed by atoms with Crippen LogP contribution in [0.15, 0.2) is 170 Å². The van der Waals surface area contributed by atoms with E-state index in [1.165, 1.54) is 25.2 Å². The zero-order valence-corrected chi connectivity index (χ0v) is 47.5. The number of fused-ring (bicyclic) bond motifs is 4. The molecule has 370 valence electrons. The molecule has 0 aliphatic carbocycles. The third-order valence-electron chi connectivity index (χ3n) is 12.7. The van der Waals surface area contributed by atoms with Crippen molar-refractivity contribution in [2.75, 3.05) is 23.9 Å². The van der Waals surface area contributed by atoms with Gasteiger partial charge in [-0.2, -0.15) is 108 Å². The van der Waals surface area contributed by atoms with E-state index < -0.39 is 0 Å². The normalized spacial score (nSPS) is 13.5. The summed E-state index contributed by atoms with van der Waals surface area (Å²) < 4.78 is 0. The van der Waals surface area contributed by atoms with E-state index in [0.717, 1.165) is 41.9 Å². The summed E-state index contributed by atoms with van der Waals surface area (Å²) in [5.74, 6) is -2.66. The van der Waals surface area contributed by atoms with Gasteiger partial charge in [0.15, 0.2) is 0 Å². The average Bonchev–Trinajstić information content (AvgIpc) is 3.99. The second-order valence-electron chi connectivity index (χ2n) is 17.8. The summed E-state index contributed by atoms with van der Waals surface area (Å²) >= 11 is 0. The molecule has 4 aliphatic heterocycles. The first-order valence-electron chi connectivity index (χ1n) is 23.4. The van der Waals surface area contributed by atoms with Gasteiger partial charge in [-0.3, -0.25) is 58.0 Å². The third kappa shape index (κ3) is 11.7. The van der Waals surface area contributed by atoms with Gasteiger partial charge >= 0.3 is 0 Å². The zero-order chi connectivity index (χ0) is 52.2. The maximum absolute atomic E-state index is 12.9. The van der Waals surface area contributed by atoms with Crippen LogP contribution < -0.4 is 9.80 Å². The van der Waals surface area contributed by atoms with Crippen LogP contribution in [-0.2, 0) is 78.3 Å². The Hall–Kier alpha value is -7.47. The fraction of sp³-hybridized carbons (Fsp3) is 0.0968. The largest absolute Gasteiger partial charge is 0.277 e. The quantitative estimate of drug-likeness (QED) is 0.118. The second kappa shape index (κ2) is 24.5. The zero-order valence-electron chi connectivity index (χ0n) is 41.8. The monoisotopic (exact) mass is 1150 g/mol. The van der Waals surface area contributed by atoms with Crippen molar-refractivity contribution in [3.63, 3.8) is 0 Å². The summed E-state index contributed by atoms with van der Waals surface area (Å²) in [6, 6.07) is 61.4. The Bertz CT molecular complexity index is 3340. The molecule has 12 nitrogen and oxygen atoms in total. The first kappa shape index (κ1) is 56.3. The van der Waals surface area contributed by atoms with Gasteiger partial charge in [-0.05, 0) is 83.6 Å². The number of aryl methyl sites for hydroxylation is 2. The van der Waals surface area contributed by atoms with Crippen LogP contribution in [0.2, 0.25) is 0 Å². The minimum absolute atomic E-state index is 0. The van der Waals surface area contributed by atoms with Crippen molar-refractivity contribution in [3.05, 3.63) is 272 Å². The van der Waals surface area contributed by atoms with Crippen LogP contribution in [-0.4, -0.2) is 71.2 Å². The van der Waals surface area contributed by atoms with E-state index in [1.54, 1.807) is 121 Å². The number of amides is 8. The molecule has 0 N–H and O–H groups in total. The summed E-state index contributed by atoms with van der Waals surface area (Å²) in [6.45, 7) is 4.12. The Morgan fingerprint density at radius 2 is 0.632 bits per heavy atom. The molecule has 0 saturated carbocycles. The number of anilines is 2. The summed E-state index contributed by atoms with van der Waals surface area (Å²) in [7, 11) is 2.92. The van der Waals surface area contributed by atoms with Gasteiger partial charge in [0.25, 0.3) is 47.3 Å². The van der Waals surface area contributed by atoms with Crippen LogP contribution in [0.4, 0.5) is 11.4 Å². The number of carbonyl (C=O) groups excluding carboxylic acids is 8. The molecule has 0 saturated heterocycles. The van der Waals surface area contributed by atoms with Gasteiger partial charge in [-0.25, -0.2) is 0 Å². The van der Waals surface area contributed by atoms with Crippen molar-refractivity contribution in [1.82, 2.24) is 9.80 Å². The van der Waals surface area contributed by atoms with E-state index in [1.807, 2.05) is 42.5 Å². The summed E-state index contributed by atoms with van der Waals surface area (Å²) in [5.41, 5.74) is 9.96. The van der Waals surface area contributed by atoms with Gasteiger partial charge in [-0.15, -0.1) is 24.3 Å². The van der Waals surface area contributed by atoms with Crippen LogP contribution in [0.3, 0.4) is 0 Å². The second-order valence-corrected chi connectivity index (χ2v) is 17.8. The van der Waals surface area contributed by atoms with Crippen molar-refractivity contribution in [2.24, 2.45) is 0 Å². The summed E-state index contributed by atoms with van der Waals surface area (Å²) in [5, 5.41) is 0. The van der Waals surface area contributed by atoms with Gasteiger partial charge < -0.3 is 0 Å². The average molecular weight is 1150 g/mol. The molecule has 8 amide bonds. The van der Waals surface area contributed by atoms with Gasteiger partial charge in [0.05, 0.1) is 44.5 Å². The van der Waals surface area contributed by atoms with E-state index in [9.17, 15) is 38.4 Å². The summed E-state index contributed by atoms with van der Waals surface area (Å²) in [6.07, 6.45) is 0.932. The molecule has 4 aliphatic rings. The molecule has 2 radical (unpaired) electrons. The minimum Gasteiger partial charge on any atom is -0.277 e. The number of nitrogens with zero attached hydrogens (tertiary/aromatic N) is 4. The predicted octanol–water partition coefficient (Wildman–Crippen LogP) is 9.79. The van der Waals surface area contributed by atoms with E-state index in [-0.39, 0.29) is 113 Å². The third-order valence-corrected chi connectivity index (χ3v) is 12.7. The van der Waals surface area contributed by atoms with Crippen molar-refractivity contribution >= 4 is 58.6 Å². The van der Waals surface area contributed by atoms with E-state index >= 15 is 0 Å². The van der Waals surface area contributed by atoms with Crippen LogP contribution in [0.1, 0.15) is 116 Å². The number of rotatable bonds is 6. The van der Waals surface area contributed by atoms with Gasteiger partial charge in [0.1, 0.15) is 0 Å². The molecule has 0 aromatic heterocycles. The minimum atomic E-state index is -0.362. The molecule has 0 spiro atoms. The molecule has 0 atom stereocenters. The number of hydrogen-bond donors (Lipinski definition) is 0. The fourth-order valence-electron chi connectivity index (χ4n) is 8.78. The number of carbonyl (C=O) groups is 8. The molecule has 12 rings (SSSR count).